The Morgan fingerprint density at radius 2 is 0.556 bits per heavy atom. The second-order valence-electron chi connectivity index (χ2n) is 13.7. The molecule has 0 fully saturated rings. The number of ether oxygens (including phenoxy) is 10. The largest absolute Gasteiger partial charge is 0.491 e. The SMILES string of the molecule is CCCCCCCCCCCCOCCOCCOCCOCCOCCOCCOCCOCCOCCOc1ccc(CCCCCCCC)cc1. The van der Waals surface area contributed by atoms with Gasteiger partial charge in [-0.15, -0.1) is 0 Å². The predicted molar refractivity (Wildman–Crippen MR) is 218 cm³/mol. The average molecular weight is 771 g/mol. The van der Waals surface area contributed by atoms with Crippen LogP contribution >= 0.6 is 0 Å². The summed E-state index contributed by atoms with van der Waals surface area (Å²) >= 11 is 0. The molecule has 318 valence electrons. The zero-order valence-electron chi connectivity index (χ0n) is 34.8. The highest BCUT2D eigenvalue weighted by Gasteiger charge is 1.99. The van der Waals surface area contributed by atoms with Crippen LogP contribution in [0.3, 0.4) is 0 Å². The summed E-state index contributed by atoms with van der Waals surface area (Å²) < 4.78 is 55.8. The van der Waals surface area contributed by atoms with Gasteiger partial charge in [-0.1, -0.05) is 116 Å². The smallest absolute Gasteiger partial charge is 0.119 e. The first-order valence-electron chi connectivity index (χ1n) is 21.8. The molecule has 0 aliphatic carbocycles. The third-order valence-electron chi connectivity index (χ3n) is 8.86. The molecule has 1 rings (SSSR count). The van der Waals surface area contributed by atoms with Gasteiger partial charge in [0.05, 0.1) is 112 Å². The first-order valence-corrected chi connectivity index (χ1v) is 21.8. The van der Waals surface area contributed by atoms with E-state index in [1.165, 1.54) is 102 Å². The average Bonchev–Trinajstić information content (AvgIpc) is 3.19. The number of aryl methyl sites for hydroxylation is 1. The third kappa shape index (κ3) is 38.9. The summed E-state index contributed by atoms with van der Waals surface area (Å²) in [6, 6.07) is 8.46. The molecular weight excluding hydrogens is 688 g/mol. The molecule has 0 N–H and O–H groups in total. The van der Waals surface area contributed by atoms with Gasteiger partial charge in [-0.25, -0.2) is 0 Å². The molecule has 0 heterocycles. The fourth-order valence-electron chi connectivity index (χ4n) is 5.63. The van der Waals surface area contributed by atoms with Crippen LogP contribution in [0.15, 0.2) is 24.3 Å². The molecule has 1 aromatic rings. The molecule has 0 atom stereocenters. The molecule has 0 aromatic heterocycles. The van der Waals surface area contributed by atoms with Gasteiger partial charge < -0.3 is 47.4 Å². The molecule has 0 bridgehead atoms. The van der Waals surface area contributed by atoms with Crippen LogP contribution in [0.25, 0.3) is 0 Å². The summed E-state index contributed by atoms with van der Waals surface area (Å²) in [5.74, 6) is 0.890. The van der Waals surface area contributed by atoms with E-state index >= 15 is 0 Å². The van der Waals surface area contributed by atoms with E-state index in [4.69, 9.17) is 47.4 Å². The Morgan fingerprint density at radius 1 is 0.278 bits per heavy atom. The minimum atomic E-state index is 0.526. The van der Waals surface area contributed by atoms with E-state index < -0.39 is 0 Å². The summed E-state index contributed by atoms with van der Waals surface area (Å²) in [4.78, 5) is 0. The fourth-order valence-corrected chi connectivity index (χ4v) is 5.63. The van der Waals surface area contributed by atoms with Crippen molar-refractivity contribution >= 4 is 0 Å². The zero-order chi connectivity index (χ0) is 38.5. The van der Waals surface area contributed by atoms with Gasteiger partial charge in [0.2, 0.25) is 0 Å². The van der Waals surface area contributed by atoms with Gasteiger partial charge in [-0.2, -0.15) is 0 Å². The molecule has 0 saturated heterocycles. The monoisotopic (exact) mass is 771 g/mol. The van der Waals surface area contributed by atoms with Crippen LogP contribution in [-0.2, 0) is 49.1 Å². The van der Waals surface area contributed by atoms with Crippen LogP contribution in [0.2, 0.25) is 0 Å². The molecule has 0 aliphatic rings. The maximum atomic E-state index is 5.78. The van der Waals surface area contributed by atoms with Crippen molar-refractivity contribution in [2.45, 2.75) is 123 Å². The molecule has 10 nitrogen and oxygen atoms in total. The van der Waals surface area contributed by atoms with Crippen molar-refractivity contribution in [2.24, 2.45) is 0 Å². The van der Waals surface area contributed by atoms with Crippen LogP contribution < -0.4 is 4.74 Å². The van der Waals surface area contributed by atoms with Crippen molar-refractivity contribution < 1.29 is 47.4 Å². The number of unbranched alkanes of at least 4 members (excludes halogenated alkanes) is 14. The van der Waals surface area contributed by atoms with Gasteiger partial charge in [0, 0.05) is 6.61 Å². The molecule has 0 spiro atoms. The van der Waals surface area contributed by atoms with E-state index in [0.29, 0.717) is 119 Å². The molecule has 0 amide bonds. The maximum absolute atomic E-state index is 5.78. The minimum absolute atomic E-state index is 0.526. The first-order chi connectivity index (χ1) is 26.9. The molecule has 1 aromatic carbocycles. The van der Waals surface area contributed by atoms with Crippen LogP contribution in [0.4, 0.5) is 0 Å². The van der Waals surface area contributed by atoms with E-state index in [9.17, 15) is 0 Å². The summed E-state index contributed by atoms with van der Waals surface area (Å²) in [6.07, 6.45) is 22.5. The van der Waals surface area contributed by atoms with E-state index in [-0.39, 0.29) is 0 Å². The van der Waals surface area contributed by atoms with Crippen LogP contribution in [0.1, 0.15) is 122 Å². The van der Waals surface area contributed by atoms with Gasteiger partial charge in [0.1, 0.15) is 12.4 Å². The number of hydrogen-bond donors (Lipinski definition) is 0. The third-order valence-corrected chi connectivity index (χ3v) is 8.86. The second-order valence-corrected chi connectivity index (χ2v) is 13.7. The standard InChI is InChI=1S/C44H82O10/c1-3-5-7-9-11-12-13-14-16-18-24-45-25-26-46-27-28-47-29-30-48-31-32-49-33-34-50-35-36-51-37-38-52-39-40-53-41-42-54-44-22-20-43(21-23-44)19-17-15-10-8-6-4-2/h20-23H,3-19,24-42H2,1-2H3. The highest BCUT2D eigenvalue weighted by atomic mass is 16.6. The molecule has 0 aliphatic heterocycles. The van der Waals surface area contributed by atoms with Crippen molar-refractivity contribution in [3.63, 3.8) is 0 Å². The summed E-state index contributed by atoms with van der Waals surface area (Å²) in [5.41, 5.74) is 1.38. The highest BCUT2D eigenvalue weighted by molar-refractivity contribution is 5.27. The van der Waals surface area contributed by atoms with Crippen LogP contribution in [0.5, 0.6) is 5.75 Å². The van der Waals surface area contributed by atoms with Crippen molar-refractivity contribution in [1.29, 1.82) is 0 Å². The van der Waals surface area contributed by atoms with E-state index in [1.54, 1.807) is 0 Å². The van der Waals surface area contributed by atoms with Gasteiger partial charge >= 0.3 is 0 Å². The first kappa shape index (κ1) is 50.7. The van der Waals surface area contributed by atoms with Crippen LogP contribution in [-0.4, -0.2) is 126 Å². The Bertz CT molecular complexity index is 828. The summed E-state index contributed by atoms with van der Waals surface area (Å²) in [6.45, 7) is 15.2. The van der Waals surface area contributed by atoms with Gasteiger partial charge in [0.15, 0.2) is 0 Å². The van der Waals surface area contributed by atoms with Crippen LogP contribution in [0, 0.1) is 0 Å². The lowest BCUT2D eigenvalue weighted by Gasteiger charge is -2.09. The summed E-state index contributed by atoms with van der Waals surface area (Å²) in [7, 11) is 0. The van der Waals surface area contributed by atoms with Gasteiger partial charge in [-0.3, -0.25) is 0 Å². The molecule has 0 unspecified atom stereocenters. The lowest BCUT2D eigenvalue weighted by Crippen LogP contribution is -2.15. The highest BCUT2D eigenvalue weighted by Crippen LogP contribution is 2.15. The number of rotatable bonds is 46. The molecule has 0 saturated carbocycles. The Kier molecular flexibility index (Phi) is 41.6. The second kappa shape index (κ2) is 44.4. The van der Waals surface area contributed by atoms with E-state index in [2.05, 4.69) is 38.1 Å². The van der Waals surface area contributed by atoms with Crippen molar-refractivity contribution in [2.75, 3.05) is 126 Å². The molecule has 54 heavy (non-hydrogen) atoms. The Hall–Kier alpha value is -1.34. The zero-order valence-corrected chi connectivity index (χ0v) is 34.8. The number of hydrogen-bond acceptors (Lipinski definition) is 10. The Morgan fingerprint density at radius 3 is 0.907 bits per heavy atom. The normalized spacial score (nSPS) is 11.5. The lowest BCUT2D eigenvalue weighted by atomic mass is 10.0. The van der Waals surface area contributed by atoms with Gasteiger partial charge in [-0.05, 0) is 37.0 Å². The Labute approximate surface area is 330 Å². The Balaban J connectivity index is 1.66. The van der Waals surface area contributed by atoms with Crippen molar-refractivity contribution in [1.82, 2.24) is 0 Å². The maximum Gasteiger partial charge on any atom is 0.119 e. The summed E-state index contributed by atoms with van der Waals surface area (Å²) in [5, 5.41) is 0. The molecular formula is C44H82O10. The topological polar surface area (TPSA) is 92.3 Å². The lowest BCUT2D eigenvalue weighted by molar-refractivity contribution is -0.0254. The van der Waals surface area contributed by atoms with Crippen molar-refractivity contribution in [3.8, 4) is 5.75 Å². The fraction of sp³-hybridized carbons (Fsp3) is 0.864. The van der Waals surface area contributed by atoms with E-state index in [1.807, 2.05) is 0 Å². The number of benzene rings is 1. The van der Waals surface area contributed by atoms with Crippen molar-refractivity contribution in [3.05, 3.63) is 29.8 Å². The minimum Gasteiger partial charge on any atom is -0.491 e. The molecule has 0 radical (unpaired) electrons. The molecule has 10 heteroatoms. The van der Waals surface area contributed by atoms with Gasteiger partial charge in [0.25, 0.3) is 0 Å². The van der Waals surface area contributed by atoms with E-state index in [0.717, 1.165) is 25.2 Å². The quantitative estimate of drug-likeness (QED) is 0.0599. The predicted octanol–water partition coefficient (Wildman–Crippen LogP) is 9.04.